The Bertz CT molecular complexity index is 849. The van der Waals surface area contributed by atoms with Crippen LogP contribution < -0.4 is 14.4 Å². The second-order valence-electron chi connectivity index (χ2n) is 5.70. The summed E-state index contributed by atoms with van der Waals surface area (Å²) in [5.74, 6) is 0.952. The molecule has 0 aromatic heterocycles. The van der Waals surface area contributed by atoms with Crippen LogP contribution in [0.2, 0.25) is 0 Å². The van der Waals surface area contributed by atoms with E-state index in [0.717, 1.165) is 18.4 Å². The molecule has 24 heavy (non-hydrogen) atoms. The number of fused-ring (bicyclic) bond motifs is 2. The maximum atomic E-state index is 12.9. The van der Waals surface area contributed by atoms with Gasteiger partial charge in [0, 0.05) is 24.2 Å². The summed E-state index contributed by atoms with van der Waals surface area (Å²) in [5.41, 5.74) is 2.01. The van der Waals surface area contributed by atoms with Crippen molar-refractivity contribution >= 4 is 17.3 Å². The van der Waals surface area contributed by atoms with Gasteiger partial charge in [0.25, 0.3) is 11.6 Å². The van der Waals surface area contributed by atoms with Gasteiger partial charge in [-0.1, -0.05) is 6.07 Å². The monoisotopic (exact) mass is 326 g/mol. The number of carbonyl (C=O) groups excluding carboxylic acids is 1. The van der Waals surface area contributed by atoms with Crippen molar-refractivity contribution in [1.29, 1.82) is 0 Å². The van der Waals surface area contributed by atoms with Crippen molar-refractivity contribution in [2.24, 2.45) is 0 Å². The molecule has 0 fully saturated rings. The van der Waals surface area contributed by atoms with Crippen molar-refractivity contribution in [3.05, 3.63) is 57.6 Å². The van der Waals surface area contributed by atoms with Gasteiger partial charge in [0.1, 0.15) is 0 Å². The van der Waals surface area contributed by atoms with Gasteiger partial charge in [-0.2, -0.15) is 0 Å². The van der Waals surface area contributed by atoms with E-state index in [-0.39, 0.29) is 18.4 Å². The summed E-state index contributed by atoms with van der Waals surface area (Å²) in [7, 11) is 0. The summed E-state index contributed by atoms with van der Waals surface area (Å²) in [6.45, 7) is 0.674. The van der Waals surface area contributed by atoms with Gasteiger partial charge < -0.3 is 14.4 Å². The van der Waals surface area contributed by atoms with Gasteiger partial charge in [0.05, 0.1) is 10.6 Å². The lowest BCUT2D eigenvalue weighted by atomic mass is 10.00. The Kier molecular flexibility index (Phi) is 3.34. The van der Waals surface area contributed by atoms with Crippen molar-refractivity contribution < 1.29 is 19.2 Å². The van der Waals surface area contributed by atoms with Crippen molar-refractivity contribution in [2.75, 3.05) is 18.2 Å². The summed E-state index contributed by atoms with van der Waals surface area (Å²) in [6, 6.07) is 9.71. The lowest BCUT2D eigenvalue weighted by Gasteiger charge is -2.29. The first-order valence-corrected chi connectivity index (χ1v) is 7.62. The number of carbonyl (C=O) groups is 1. The molecule has 0 aliphatic carbocycles. The number of rotatable bonds is 2. The summed E-state index contributed by atoms with van der Waals surface area (Å²) >= 11 is 0. The number of hydrogen-bond donors (Lipinski definition) is 0. The first-order chi connectivity index (χ1) is 11.6. The van der Waals surface area contributed by atoms with Crippen molar-refractivity contribution in [3.63, 3.8) is 0 Å². The van der Waals surface area contributed by atoms with Crippen LogP contribution in [0, 0.1) is 10.1 Å². The number of benzene rings is 2. The van der Waals surface area contributed by atoms with E-state index in [2.05, 4.69) is 0 Å². The third-order valence-electron chi connectivity index (χ3n) is 4.26. The summed E-state index contributed by atoms with van der Waals surface area (Å²) in [4.78, 5) is 25.1. The van der Waals surface area contributed by atoms with Gasteiger partial charge in [0.2, 0.25) is 6.79 Å². The molecule has 0 saturated heterocycles. The molecule has 2 aromatic carbocycles. The molecule has 0 bridgehead atoms. The number of amides is 1. The van der Waals surface area contributed by atoms with Gasteiger partial charge in [-0.25, -0.2) is 0 Å². The minimum absolute atomic E-state index is 0.0147. The highest BCUT2D eigenvalue weighted by atomic mass is 16.7. The maximum Gasteiger partial charge on any atom is 0.271 e. The van der Waals surface area contributed by atoms with Gasteiger partial charge >= 0.3 is 0 Å². The number of nitro benzene ring substituents is 1. The molecule has 122 valence electrons. The third kappa shape index (κ3) is 2.34. The van der Waals surface area contributed by atoms with Crippen LogP contribution in [-0.4, -0.2) is 24.2 Å². The molecule has 2 aliphatic rings. The van der Waals surface area contributed by atoms with Crippen LogP contribution >= 0.6 is 0 Å². The van der Waals surface area contributed by atoms with Crippen LogP contribution in [0.3, 0.4) is 0 Å². The molecule has 2 aliphatic heterocycles. The zero-order valence-corrected chi connectivity index (χ0v) is 12.7. The SMILES string of the molecule is O=C(c1ccc2c(c1)OCO2)N1CCCc2ccc([N+](=O)[O-])cc21. The Morgan fingerprint density at radius 3 is 2.79 bits per heavy atom. The predicted molar refractivity (Wildman–Crippen MR) is 85.7 cm³/mol. The van der Waals surface area contributed by atoms with Crippen LogP contribution in [0.25, 0.3) is 0 Å². The predicted octanol–water partition coefficient (Wildman–Crippen LogP) is 2.92. The fourth-order valence-electron chi connectivity index (χ4n) is 3.07. The second kappa shape index (κ2) is 5.52. The number of anilines is 1. The standard InChI is InChI=1S/C17H14N2O5/c20-17(12-4-6-15-16(8-12)24-10-23-15)18-7-1-2-11-3-5-13(19(21)22)9-14(11)18/h3-6,8-9H,1-2,7,10H2. The van der Waals surface area contributed by atoms with E-state index in [4.69, 9.17) is 9.47 Å². The van der Waals surface area contributed by atoms with Crippen LogP contribution in [-0.2, 0) is 6.42 Å². The Morgan fingerprint density at radius 1 is 1.12 bits per heavy atom. The number of hydrogen-bond acceptors (Lipinski definition) is 5. The Morgan fingerprint density at radius 2 is 1.96 bits per heavy atom. The minimum Gasteiger partial charge on any atom is -0.454 e. The number of ether oxygens (including phenoxy) is 2. The number of nitro groups is 1. The molecule has 2 heterocycles. The van der Waals surface area contributed by atoms with Gasteiger partial charge in [0.15, 0.2) is 11.5 Å². The van der Waals surface area contributed by atoms with Crippen LogP contribution in [0.15, 0.2) is 36.4 Å². The number of non-ortho nitro benzene ring substituents is 1. The van der Waals surface area contributed by atoms with Gasteiger partial charge in [-0.3, -0.25) is 14.9 Å². The highest BCUT2D eigenvalue weighted by Crippen LogP contribution is 2.35. The Hall–Kier alpha value is -3.09. The zero-order chi connectivity index (χ0) is 16.7. The average Bonchev–Trinajstić information content (AvgIpc) is 3.07. The first kappa shape index (κ1) is 14.5. The van der Waals surface area contributed by atoms with E-state index in [1.54, 1.807) is 29.2 Å². The molecule has 0 spiro atoms. The number of nitrogens with zero attached hydrogens (tertiary/aromatic N) is 2. The molecule has 7 nitrogen and oxygen atoms in total. The van der Waals surface area contributed by atoms with Crippen molar-refractivity contribution in [1.82, 2.24) is 0 Å². The summed E-state index contributed by atoms with van der Waals surface area (Å²) in [5, 5.41) is 11.0. The van der Waals surface area contributed by atoms with Crippen molar-refractivity contribution in [2.45, 2.75) is 12.8 Å². The Labute approximate surface area is 137 Å². The molecule has 7 heteroatoms. The first-order valence-electron chi connectivity index (χ1n) is 7.62. The molecule has 0 N–H and O–H groups in total. The topological polar surface area (TPSA) is 81.9 Å². The third-order valence-corrected chi connectivity index (χ3v) is 4.26. The molecule has 1 amide bonds. The average molecular weight is 326 g/mol. The highest BCUT2D eigenvalue weighted by Gasteiger charge is 2.27. The lowest BCUT2D eigenvalue weighted by Crippen LogP contribution is -2.35. The van der Waals surface area contributed by atoms with Crippen LogP contribution in [0.5, 0.6) is 11.5 Å². The molecule has 0 saturated carbocycles. The summed E-state index contributed by atoms with van der Waals surface area (Å²) in [6.07, 6.45) is 1.62. The second-order valence-corrected chi connectivity index (χ2v) is 5.70. The van der Waals surface area contributed by atoms with E-state index >= 15 is 0 Å². The van der Waals surface area contributed by atoms with Crippen LogP contribution in [0.1, 0.15) is 22.3 Å². The molecular formula is C17H14N2O5. The zero-order valence-electron chi connectivity index (χ0n) is 12.7. The minimum atomic E-state index is -0.446. The van der Waals surface area contributed by atoms with E-state index in [9.17, 15) is 14.9 Å². The molecule has 2 aromatic rings. The van der Waals surface area contributed by atoms with E-state index < -0.39 is 4.92 Å². The Balaban J connectivity index is 1.71. The summed E-state index contributed by atoms with van der Waals surface area (Å²) < 4.78 is 10.6. The largest absolute Gasteiger partial charge is 0.454 e. The van der Waals surface area contributed by atoms with Crippen LogP contribution in [0.4, 0.5) is 11.4 Å². The van der Waals surface area contributed by atoms with E-state index in [1.165, 1.54) is 12.1 Å². The van der Waals surface area contributed by atoms with Crippen molar-refractivity contribution in [3.8, 4) is 11.5 Å². The van der Waals surface area contributed by atoms with Gasteiger partial charge in [-0.15, -0.1) is 0 Å². The lowest BCUT2D eigenvalue weighted by molar-refractivity contribution is -0.384. The van der Waals surface area contributed by atoms with E-state index in [0.29, 0.717) is 29.3 Å². The quantitative estimate of drug-likeness (QED) is 0.626. The molecule has 0 atom stereocenters. The molecule has 4 rings (SSSR count). The maximum absolute atomic E-state index is 12.9. The highest BCUT2D eigenvalue weighted by molar-refractivity contribution is 6.07. The van der Waals surface area contributed by atoms with Gasteiger partial charge in [-0.05, 0) is 36.6 Å². The fraction of sp³-hybridized carbons (Fsp3) is 0.235. The number of aryl methyl sites for hydroxylation is 1. The van der Waals surface area contributed by atoms with E-state index in [1.807, 2.05) is 0 Å². The molecule has 0 unspecified atom stereocenters. The smallest absolute Gasteiger partial charge is 0.271 e. The normalized spacial score (nSPS) is 15.1. The molecule has 0 radical (unpaired) electrons. The molecular weight excluding hydrogens is 312 g/mol. The fourth-order valence-corrected chi connectivity index (χ4v) is 3.07.